The first-order valence-electron chi connectivity index (χ1n) is 6.37. The molecule has 2 rings (SSSR count). The van der Waals surface area contributed by atoms with Crippen molar-refractivity contribution in [2.24, 2.45) is 5.73 Å². The predicted molar refractivity (Wildman–Crippen MR) is 76.6 cm³/mol. The quantitative estimate of drug-likeness (QED) is 0.895. The van der Waals surface area contributed by atoms with E-state index in [4.69, 9.17) is 5.73 Å². The number of fused-ring (bicyclic) bond motifs is 1. The Morgan fingerprint density at radius 2 is 1.94 bits per heavy atom. The smallest absolute Gasteiger partial charge is 0.0708 e. The van der Waals surface area contributed by atoms with Gasteiger partial charge in [0.15, 0.2) is 0 Å². The zero-order chi connectivity index (χ0) is 13.1. The molecule has 0 saturated carbocycles. The zero-order valence-electron chi connectivity index (χ0n) is 11.4. The molecule has 0 spiro atoms. The molecule has 1 heterocycles. The van der Waals surface area contributed by atoms with E-state index in [0.29, 0.717) is 6.54 Å². The molecule has 1 aromatic carbocycles. The van der Waals surface area contributed by atoms with Crippen LogP contribution >= 0.6 is 0 Å². The molecule has 2 N–H and O–H groups in total. The van der Waals surface area contributed by atoms with Gasteiger partial charge >= 0.3 is 0 Å². The molecular formula is C15H21N3. The number of aromatic nitrogens is 1. The second-order valence-corrected chi connectivity index (χ2v) is 4.84. The van der Waals surface area contributed by atoms with E-state index in [9.17, 15) is 0 Å². The number of aryl methyl sites for hydroxylation is 1. The summed E-state index contributed by atoms with van der Waals surface area (Å²) in [6.07, 6.45) is 0. The SMILES string of the molecule is Cc1nc2ccccc2c(CN(C)CCN)c1C. The molecule has 0 aliphatic carbocycles. The topological polar surface area (TPSA) is 42.2 Å². The molecule has 1 aromatic heterocycles. The summed E-state index contributed by atoms with van der Waals surface area (Å²) >= 11 is 0. The largest absolute Gasteiger partial charge is 0.329 e. The Labute approximate surface area is 109 Å². The zero-order valence-corrected chi connectivity index (χ0v) is 11.4. The standard InChI is InChI=1S/C15H21N3/c1-11-12(2)17-15-7-5-4-6-13(15)14(11)10-18(3)9-8-16/h4-7H,8-10,16H2,1-3H3. The van der Waals surface area contributed by atoms with Gasteiger partial charge in [0.1, 0.15) is 0 Å². The molecule has 2 aromatic rings. The lowest BCUT2D eigenvalue weighted by Gasteiger charge is -2.19. The summed E-state index contributed by atoms with van der Waals surface area (Å²) in [7, 11) is 2.11. The molecule has 0 unspecified atom stereocenters. The Hall–Kier alpha value is -1.45. The van der Waals surface area contributed by atoms with Gasteiger partial charge in [0.25, 0.3) is 0 Å². The third kappa shape index (κ3) is 2.52. The molecule has 3 nitrogen and oxygen atoms in total. The highest BCUT2D eigenvalue weighted by Gasteiger charge is 2.10. The molecule has 96 valence electrons. The molecular weight excluding hydrogens is 222 g/mol. The molecule has 0 atom stereocenters. The van der Waals surface area contributed by atoms with Crippen LogP contribution < -0.4 is 5.73 Å². The Morgan fingerprint density at radius 1 is 1.22 bits per heavy atom. The number of hydrogen-bond acceptors (Lipinski definition) is 3. The molecule has 0 aliphatic heterocycles. The third-order valence-electron chi connectivity index (χ3n) is 3.45. The van der Waals surface area contributed by atoms with Crippen LogP contribution in [0.25, 0.3) is 10.9 Å². The second-order valence-electron chi connectivity index (χ2n) is 4.84. The highest BCUT2D eigenvalue weighted by Crippen LogP contribution is 2.23. The summed E-state index contributed by atoms with van der Waals surface area (Å²) < 4.78 is 0. The van der Waals surface area contributed by atoms with Crippen molar-refractivity contribution < 1.29 is 0 Å². The number of rotatable bonds is 4. The van der Waals surface area contributed by atoms with Crippen LogP contribution in [0, 0.1) is 13.8 Å². The van der Waals surface area contributed by atoms with Crippen molar-refractivity contribution in [1.29, 1.82) is 0 Å². The van der Waals surface area contributed by atoms with Crippen molar-refractivity contribution in [2.75, 3.05) is 20.1 Å². The first-order chi connectivity index (χ1) is 8.63. The van der Waals surface area contributed by atoms with Gasteiger partial charge in [-0.25, -0.2) is 0 Å². The van der Waals surface area contributed by atoms with Gasteiger partial charge in [-0.1, -0.05) is 18.2 Å². The average Bonchev–Trinajstić information content (AvgIpc) is 2.35. The van der Waals surface area contributed by atoms with Crippen molar-refractivity contribution in [1.82, 2.24) is 9.88 Å². The first kappa shape index (κ1) is 13.0. The lowest BCUT2D eigenvalue weighted by atomic mass is 10.0. The monoisotopic (exact) mass is 243 g/mol. The van der Waals surface area contributed by atoms with Crippen molar-refractivity contribution in [3.05, 3.63) is 41.1 Å². The van der Waals surface area contributed by atoms with Crippen molar-refractivity contribution in [2.45, 2.75) is 20.4 Å². The van der Waals surface area contributed by atoms with Crippen LogP contribution in [-0.2, 0) is 6.54 Å². The number of likely N-dealkylation sites (N-methyl/N-ethyl adjacent to an activating group) is 1. The molecule has 3 heteroatoms. The van der Waals surface area contributed by atoms with Gasteiger partial charge in [-0.15, -0.1) is 0 Å². The van der Waals surface area contributed by atoms with Crippen LogP contribution in [0.2, 0.25) is 0 Å². The summed E-state index contributed by atoms with van der Waals surface area (Å²) in [5.74, 6) is 0. The summed E-state index contributed by atoms with van der Waals surface area (Å²) in [6, 6.07) is 8.34. The number of benzene rings is 1. The first-order valence-corrected chi connectivity index (χ1v) is 6.37. The minimum Gasteiger partial charge on any atom is -0.329 e. The van der Waals surface area contributed by atoms with Crippen LogP contribution in [0.5, 0.6) is 0 Å². The molecule has 0 bridgehead atoms. The Morgan fingerprint density at radius 3 is 2.67 bits per heavy atom. The van der Waals surface area contributed by atoms with E-state index < -0.39 is 0 Å². The van der Waals surface area contributed by atoms with Crippen molar-refractivity contribution in [3.63, 3.8) is 0 Å². The van der Waals surface area contributed by atoms with Gasteiger partial charge in [0.05, 0.1) is 5.52 Å². The van der Waals surface area contributed by atoms with Crippen molar-refractivity contribution >= 4 is 10.9 Å². The third-order valence-corrected chi connectivity index (χ3v) is 3.45. The maximum Gasteiger partial charge on any atom is 0.0708 e. The van der Waals surface area contributed by atoms with E-state index in [1.165, 1.54) is 16.5 Å². The van der Waals surface area contributed by atoms with Gasteiger partial charge in [-0.05, 0) is 38.1 Å². The van der Waals surface area contributed by atoms with Gasteiger partial charge < -0.3 is 10.6 Å². The Kier molecular flexibility index (Phi) is 3.94. The summed E-state index contributed by atoms with van der Waals surface area (Å²) in [6.45, 7) is 6.76. The number of hydrogen-bond donors (Lipinski definition) is 1. The van der Waals surface area contributed by atoms with Crippen LogP contribution in [0.4, 0.5) is 0 Å². The van der Waals surface area contributed by atoms with E-state index in [2.05, 4.69) is 49.0 Å². The van der Waals surface area contributed by atoms with Crippen LogP contribution in [0.3, 0.4) is 0 Å². The van der Waals surface area contributed by atoms with Gasteiger partial charge in [-0.2, -0.15) is 0 Å². The minimum atomic E-state index is 0.692. The fourth-order valence-corrected chi connectivity index (χ4v) is 2.28. The maximum absolute atomic E-state index is 5.61. The number of nitrogens with zero attached hydrogens (tertiary/aromatic N) is 2. The van der Waals surface area contributed by atoms with E-state index in [-0.39, 0.29) is 0 Å². The van der Waals surface area contributed by atoms with Gasteiger partial charge in [0, 0.05) is 30.7 Å². The fourth-order valence-electron chi connectivity index (χ4n) is 2.28. The van der Waals surface area contributed by atoms with E-state index in [1.807, 2.05) is 6.07 Å². The number of pyridine rings is 1. The summed E-state index contributed by atoms with van der Waals surface area (Å²) in [4.78, 5) is 6.90. The van der Waals surface area contributed by atoms with Gasteiger partial charge in [-0.3, -0.25) is 4.98 Å². The molecule has 0 fully saturated rings. The fraction of sp³-hybridized carbons (Fsp3) is 0.400. The number of nitrogens with two attached hydrogens (primary N) is 1. The van der Waals surface area contributed by atoms with Crippen LogP contribution in [-0.4, -0.2) is 30.0 Å². The molecule has 0 aliphatic rings. The van der Waals surface area contributed by atoms with E-state index >= 15 is 0 Å². The summed E-state index contributed by atoms with van der Waals surface area (Å²) in [5.41, 5.74) is 10.5. The maximum atomic E-state index is 5.61. The lowest BCUT2D eigenvalue weighted by Crippen LogP contribution is -2.25. The van der Waals surface area contributed by atoms with Crippen LogP contribution in [0.1, 0.15) is 16.8 Å². The molecule has 0 radical (unpaired) electrons. The molecule has 18 heavy (non-hydrogen) atoms. The van der Waals surface area contributed by atoms with Gasteiger partial charge in [0.2, 0.25) is 0 Å². The van der Waals surface area contributed by atoms with Crippen molar-refractivity contribution in [3.8, 4) is 0 Å². The van der Waals surface area contributed by atoms with E-state index in [1.54, 1.807) is 0 Å². The predicted octanol–water partition coefficient (Wildman–Crippen LogP) is 2.24. The summed E-state index contributed by atoms with van der Waals surface area (Å²) in [5, 5.41) is 1.25. The van der Waals surface area contributed by atoms with Crippen LogP contribution in [0.15, 0.2) is 24.3 Å². The molecule has 0 saturated heterocycles. The lowest BCUT2D eigenvalue weighted by molar-refractivity contribution is 0.336. The molecule has 0 amide bonds. The highest BCUT2D eigenvalue weighted by atomic mass is 15.1. The Balaban J connectivity index is 2.49. The average molecular weight is 243 g/mol. The highest BCUT2D eigenvalue weighted by molar-refractivity contribution is 5.83. The minimum absolute atomic E-state index is 0.692. The second kappa shape index (κ2) is 5.46. The van der Waals surface area contributed by atoms with E-state index in [0.717, 1.165) is 24.3 Å². The normalized spacial score (nSPS) is 11.4. The Bertz CT molecular complexity index is 549. The number of para-hydroxylation sites is 1.